The predicted octanol–water partition coefficient (Wildman–Crippen LogP) is 3.63. The van der Waals surface area contributed by atoms with Crippen LogP contribution in [0, 0.1) is 0 Å². The molecule has 0 spiro atoms. The Kier molecular flexibility index (Phi) is 5.86. The molecule has 1 atom stereocenters. The molecule has 0 unspecified atom stereocenters. The molecular formula is C20H30N4O. The lowest BCUT2D eigenvalue weighted by Crippen LogP contribution is -2.46. The second-order valence-electron chi connectivity index (χ2n) is 7.29. The lowest BCUT2D eigenvalue weighted by molar-refractivity contribution is 0.0845. The van der Waals surface area contributed by atoms with E-state index in [2.05, 4.69) is 65.0 Å². The fourth-order valence-electron chi connectivity index (χ4n) is 3.31. The highest BCUT2D eigenvalue weighted by molar-refractivity contribution is 5.24. The number of hydrogen-bond acceptors (Lipinski definition) is 5. The van der Waals surface area contributed by atoms with Crippen molar-refractivity contribution in [3.63, 3.8) is 0 Å². The molecule has 5 nitrogen and oxygen atoms in total. The number of nitrogens with zero attached hydrogens (tertiary/aromatic N) is 4. The van der Waals surface area contributed by atoms with E-state index in [4.69, 9.17) is 4.52 Å². The van der Waals surface area contributed by atoms with Crippen molar-refractivity contribution in [1.82, 2.24) is 19.9 Å². The molecule has 1 aromatic carbocycles. The predicted molar refractivity (Wildman–Crippen MR) is 99.5 cm³/mol. The number of aromatic nitrogens is 2. The van der Waals surface area contributed by atoms with Crippen LogP contribution >= 0.6 is 0 Å². The highest BCUT2D eigenvalue weighted by Crippen LogP contribution is 2.21. The summed E-state index contributed by atoms with van der Waals surface area (Å²) in [6.07, 6.45) is 0.819. The van der Waals surface area contributed by atoms with Gasteiger partial charge in [0.15, 0.2) is 5.82 Å². The van der Waals surface area contributed by atoms with Crippen LogP contribution in [0.3, 0.4) is 0 Å². The van der Waals surface area contributed by atoms with Crippen LogP contribution in [0.2, 0.25) is 0 Å². The van der Waals surface area contributed by atoms with Crippen molar-refractivity contribution in [2.75, 3.05) is 26.2 Å². The van der Waals surface area contributed by atoms with Gasteiger partial charge in [-0.3, -0.25) is 9.80 Å². The zero-order valence-electron chi connectivity index (χ0n) is 15.9. The first-order chi connectivity index (χ1) is 12.1. The monoisotopic (exact) mass is 342 g/mol. The Bertz CT molecular complexity index is 657. The van der Waals surface area contributed by atoms with E-state index >= 15 is 0 Å². The first-order valence-electron chi connectivity index (χ1n) is 9.44. The average Bonchev–Trinajstić information content (AvgIpc) is 3.11. The molecule has 1 aromatic heterocycles. The Balaban J connectivity index is 1.51. The minimum Gasteiger partial charge on any atom is -0.338 e. The molecule has 2 aromatic rings. The summed E-state index contributed by atoms with van der Waals surface area (Å²) in [5.41, 5.74) is 2.81. The summed E-state index contributed by atoms with van der Waals surface area (Å²) in [7, 11) is 0. The van der Waals surface area contributed by atoms with E-state index in [0.29, 0.717) is 5.92 Å². The second-order valence-corrected chi connectivity index (χ2v) is 7.29. The van der Waals surface area contributed by atoms with Crippen LogP contribution in [-0.2, 0) is 13.0 Å². The molecule has 0 radical (unpaired) electrons. The van der Waals surface area contributed by atoms with Crippen LogP contribution in [0.4, 0.5) is 0 Å². The zero-order valence-corrected chi connectivity index (χ0v) is 15.9. The molecule has 1 aliphatic rings. The van der Waals surface area contributed by atoms with Crippen LogP contribution in [-0.4, -0.2) is 46.1 Å². The van der Waals surface area contributed by atoms with E-state index in [0.717, 1.165) is 50.9 Å². The smallest absolute Gasteiger partial charge is 0.243 e. The molecule has 0 saturated carbocycles. The van der Waals surface area contributed by atoms with Gasteiger partial charge in [0.25, 0.3) is 0 Å². The van der Waals surface area contributed by atoms with Crippen molar-refractivity contribution in [1.29, 1.82) is 0 Å². The molecule has 1 fully saturated rings. The highest BCUT2D eigenvalue weighted by atomic mass is 16.5. The first kappa shape index (κ1) is 18.1. The van der Waals surface area contributed by atoms with Crippen LogP contribution in [0.5, 0.6) is 0 Å². The van der Waals surface area contributed by atoms with Gasteiger partial charge in [-0.15, -0.1) is 0 Å². The minimum absolute atomic E-state index is 0.195. The van der Waals surface area contributed by atoms with E-state index in [1.54, 1.807) is 0 Å². The van der Waals surface area contributed by atoms with Gasteiger partial charge in [0, 0.05) is 39.1 Å². The minimum atomic E-state index is 0.195. The number of hydrogen-bond donors (Lipinski definition) is 0. The van der Waals surface area contributed by atoms with E-state index < -0.39 is 0 Å². The van der Waals surface area contributed by atoms with Gasteiger partial charge in [0.1, 0.15) is 0 Å². The third kappa shape index (κ3) is 4.47. The SMILES string of the molecule is CCc1noc([C@H](C)N2CCN(Cc3ccc(C(C)C)cc3)CC2)n1. The quantitative estimate of drug-likeness (QED) is 0.802. The number of rotatable bonds is 6. The maximum absolute atomic E-state index is 5.41. The molecule has 3 rings (SSSR count). The Hall–Kier alpha value is -1.72. The topological polar surface area (TPSA) is 45.4 Å². The fourth-order valence-corrected chi connectivity index (χ4v) is 3.31. The van der Waals surface area contributed by atoms with Crippen molar-refractivity contribution in [2.24, 2.45) is 0 Å². The van der Waals surface area contributed by atoms with E-state index in [9.17, 15) is 0 Å². The maximum Gasteiger partial charge on any atom is 0.243 e. The highest BCUT2D eigenvalue weighted by Gasteiger charge is 2.25. The summed E-state index contributed by atoms with van der Waals surface area (Å²) in [6, 6.07) is 9.27. The zero-order chi connectivity index (χ0) is 17.8. The Labute approximate surface area is 151 Å². The first-order valence-corrected chi connectivity index (χ1v) is 9.44. The van der Waals surface area contributed by atoms with Gasteiger partial charge in [0.2, 0.25) is 5.89 Å². The summed E-state index contributed by atoms with van der Waals surface area (Å²) in [4.78, 5) is 9.44. The van der Waals surface area contributed by atoms with Gasteiger partial charge in [-0.2, -0.15) is 4.98 Å². The molecule has 1 saturated heterocycles. The van der Waals surface area contributed by atoms with Crippen molar-refractivity contribution in [2.45, 2.75) is 52.6 Å². The summed E-state index contributed by atoms with van der Waals surface area (Å²) < 4.78 is 5.41. The number of aryl methyl sites for hydroxylation is 1. The molecule has 0 N–H and O–H groups in total. The van der Waals surface area contributed by atoms with Crippen molar-refractivity contribution < 1.29 is 4.52 Å². The molecule has 0 bridgehead atoms. The van der Waals surface area contributed by atoms with Crippen molar-refractivity contribution in [3.05, 3.63) is 47.1 Å². The third-order valence-electron chi connectivity index (χ3n) is 5.16. The maximum atomic E-state index is 5.41. The molecule has 5 heteroatoms. The molecular weight excluding hydrogens is 312 g/mol. The lowest BCUT2D eigenvalue weighted by Gasteiger charge is -2.36. The van der Waals surface area contributed by atoms with Crippen LogP contribution in [0.25, 0.3) is 0 Å². The largest absolute Gasteiger partial charge is 0.338 e. The van der Waals surface area contributed by atoms with Gasteiger partial charge in [-0.1, -0.05) is 50.2 Å². The Morgan fingerprint density at radius 1 is 1.04 bits per heavy atom. The van der Waals surface area contributed by atoms with Crippen LogP contribution in [0.1, 0.15) is 62.5 Å². The van der Waals surface area contributed by atoms with Crippen molar-refractivity contribution in [3.8, 4) is 0 Å². The van der Waals surface area contributed by atoms with Gasteiger partial charge in [-0.25, -0.2) is 0 Å². The van der Waals surface area contributed by atoms with Gasteiger partial charge in [-0.05, 0) is 24.0 Å². The lowest BCUT2D eigenvalue weighted by atomic mass is 10.0. The van der Waals surface area contributed by atoms with Crippen LogP contribution < -0.4 is 0 Å². The Morgan fingerprint density at radius 3 is 2.28 bits per heavy atom. The van der Waals surface area contributed by atoms with E-state index in [1.165, 1.54) is 11.1 Å². The molecule has 25 heavy (non-hydrogen) atoms. The summed E-state index contributed by atoms with van der Waals surface area (Å²) >= 11 is 0. The molecule has 1 aliphatic heterocycles. The Morgan fingerprint density at radius 2 is 1.72 bits per heavy atom. The van der Waals surface area contributed by atoms with Gasteiger partial charge >= 0.3 is 0 Å². The van der Waals surface area contributed by atoms with Crippen molar-refractivity contribution >= 4 is 0 Å². The molecule has 0 amide bonds. The summed E-state index contributed by atoms with van der Waals surface area (Å²) in [5.74, 6) is 2.14. The number of benzene rings is 1. The summed E-state index contributed by atoms with van der Waals surface area (Å²) in [5, 5.41) is 4.02. The number of piperazine rings is 1. The fraction of sp³-hybridized carbons (Fsp3) is 0.600. The normalized spacial score (nSPS) is 18.0. The van der Waals surface area contributed by atoms with E-state index in [-0.39, 0.29) is 6.04 Å². The average molecular weight is 342 g/mol. The molecule has 2 heterocycles. The second kappa shape index (κ2) is 8.11. The van der Waals surface area contributed by atoms with Gasteiger partial charge < -0.3 is 4.52 Å². The summed E-state index contributed by atoms with van der Waals surface area (Å²) in [6.45, 7) is 13.9. The molecule has 136 valence electrons. The standard InChI is InChI=1S/C20H30N4O/c1-5-19-21-20(25-22-19)16(4)24-12-10-23(11-13-24)14-17-6-8-18(9-7-17)15(2)3/h6-9,15-16H,5,10-14H2,1-4H3/t16-/m0/s1. The molecule has 0 aliphatic carbocycles. The van der Waals surface area contributed by atoms with Gasteiger partial charge in [0.05, 0.1) is 6.04 Å². The van der Waals surface area contributed by atoms with E-state index in [1.807, 2.05) is 6.92 Å². The van der Waals surface area contributed by atoms with Crippen LogP contribution in [0.15, 0.2) is 28.8 Å². The third-order valence-corrected chi connectivity index (χ3v) is 5.16.